The number of H-pyrrole nitrogens is 1. The van der Waals surface area contributed by atoms with Gasteiger partial charge in [-0.15, -0.1) is 0 Å². The van der Waals surface area contributed by atoms with Gasteiger partial charge in [0.2, 0.25) is 0 Å². The molecule has 0 radical (unpaired) electrons. The Labute approximate surface area is 125 Å². The number of rotatable bonds is 4. The number of aromatic amines is 1. The Morgan fingerprint density at radius 2 is 2.24 bits per heavy atom. The molecule has 6 nitrogen and oxygen atoms in total. The molecule has 1 aromatic heterocycles. The fourth-order valence-electron chi connectivity index (χ4n) is 3.88. The van der Waals surface area contributed by atoms with Crippen molar-refractivity contribution in [2.45, 2.75) is 64.1 Å². The molecule has 0 amide bonds. The molecule has 1 N–H and O–H groups in total. The minimum absolute atomic E-state index is 0.111. The number of carbonyl (C=O) groups is 1. The zero-order valence-electron chi connectivity index (χ0n) is 12.8. The van der Waals surface area contributed by atoms with Gasteiger partial charge >= 0.3 is 5.97 Å². The molecular weight excluding hydrogens is 268 g/mol. The van der Waals surface area contributed by atoms with E-state index in [-0.39, 0.29) is 12.0 Å². The molecule has 6 heteroatoms. The Hall–Kier alpha value is -1.43. The summed E-state index contributed by atoms with van der Waals surface area (Å²) in [7, 11) is 1.48. The average Bonchev–Trinajstić information content (AvgIpc) is 3.12. The van der Waals surface area contributed by atoms with E-state index in [4.69, 9.17) is 4.74 Å². The van der Waals surface area contributed by atoms with Crippen LogP contribution in [0.2, 0.25) is 0 Å². The quantitative estimate of drug-likeness (QED) is 0.855. The number of hydrogen-bond donors (Lipinski definition) is 1. The zero-order valence-corrected chi connectivity index (χ0v) is 12.8. The number of hydrogen-bond acceptors (Lipinski definition) is 5. The summed E-state index contributed by atoms with van der Waals surface area (Å²) in [4.78, 5) is 18.9. The summed E-state index contributed by atoms with van der Waals surface area (Å²) >= 11 is 0. The second kappa shape index (κ2) is 6.13. The van der Waals surface area contributed by atoms with Gasteiger partial charge in [0.25, 0.3) is 0 Å². The fourth-order valence-corrected chi connectivity index (χ4v) is 3.88. The number of nitrogens with zero attached hydrogens (tertiary/aromatic N) is 3. The highest BCUT2D eigenvalue weighted by atomic mass is 16.5. The van der Waals surface area contributed by atoms with Crippen molar-refractivity contribution in [1.29, 1.82) is 0 Å². The van der Waals surface area contributed by atoms with Gasteiger partial charge in [-0.05, 0) is 25.2 Å². The third kappa shape index (κ3) is 2.81. The highest BCUT2D eigenvalue weighted by Crippen LogP contribution is 2.40. The largest absolute Gasteiger partial charge is 0.468 e. The third-order valence-electron chi connectivity index (χ3n) is 4.92. The first-order valence-electron chi connectivity index (χ1n) is 7.96. The van der Waals surface area contributed by atoms with E-state index >= 15 is 0 Å². The molecular formula is C15H24N4O2. The lowest BCUT2D eigenvalue weighted by molar-refractivity contribution is -0.146. The van der Waals surface area contributed by atoms with Gasteiger partial charge in [0.05, 0.1) is 13.7 Å². The lowest BCUT2D eigenvalue weighted by Crippen LogP contribution is -2.42. The smallest absolute Gasteiger partial charge is 0.323 e. The van der Waals surface area contributed by atoms with E-state index in [1.54, 1.807) is 0 Å². The molecule has 116 valence electrons. The highest BCUT2D eigenvalue weighted by Gasteiger charge is 2.45. The van der Waals surface area contributed by atoms with Crippen LogP contribution in [0.25, 0.3) is 0 Å². The number of esters is 1. The maximum absolute atomic E-state index is 12.1. The summed E-state index contributed by atoms with van der Waals surface area (Å²) in [5.41, 5.74) is 0. The van der Waals surface area contributed by atoms with Crippen LogP contribution in [0, 0.1) is 5.92 Å². The minimum Gasteiger partial charge on any atom is -0.468 e. The SMILES string of the molecule is CCc1n[nH]c(CN2[C@@H]3CCCC[C@H]3C[C@H]2C(=O)OC)n1. The molecule has 3 atom stereocenters. The molecule has 2 aliphatic rings. The van der Waals surface area contributed by atoms with Crippen molar-refractivity contribution < 1.29 is 9.53 Å². The maximum atomic E-state index is 12.1. The maximum Gasteiger partial charge on any atom is 0.323 e. The molecule has 1 saturated carbocycles. The molecule has 1 aromatic rings. The Morgan fingerprint density at radius 1 is 1.43 bits per heavy atom. The summed E-state index contributed by atoms with van der Waals surface area (Å²) in [6, 6.07) is 0.358. The van der Waals surface area contributed by atoms with Gasteiger partial charge in [-0.25, -0.2) is 4.98 Å². The fraction of sp³-hybridized carbons (Fsp3) is 0.800. The van der Waals surface area contributed by atoms with Gasteiger partial charge < -0.3 is 4.74 Å². The van der Waals surface area contributed by atoms with Crippen molar-refractivity contribution in [2.75, 3.05) is 7.11 Å². The Bertz CT molecular complexity index is 502. The summed E-state index contributed by atoms with van der Waals surface area (Å²) < 4.78 is 5.01. The van der Waals surface area contributed by atoms with Crippen molar-refractivity contribution >= 4 is 5.97 Å². The number of methoxy groups -OCH3 is 1. The normalized spacial score (nSPS) is 29.3. The highest BCUT2D eigenvalue weighted by molar-refractivity contribution is 5.76. The Kier molecular flexibility index (Phi) is 4.24. The van der Waals surface area contributed by atoms with Crippen molar-refractivity contribution in [3.05, 3.63) is 11.6 Å². The number of likely N-dealkylation sites (tertiary alicyclic amines) is 1. The molecule has 1 aliphatic carbocycles. The van der Waals surface area contributed by atoms with Gasteiger partial charge in [0, 0.05) is 12.5 Å². The van der Waals surface area contributed by atoms with E-state index in [0.717, 1.165) is 24.5 Å². The molecule has 0 bridgehead atoms. The van der Waals surface area contributed by atoms with E-state index < -0.39 is 0 Å². The number of nitrogens with one attached hydrogen (secondary N) is 1. The first kappa shape index (κ1) is 14.5. The van der Waals surface area contributed by atoms with Gasteiger partial charge in [-0.1, -0.05) is 19.8 Å². The second-order valence-corrected chi connectivity index (χ2v) is 6.11. The number of carbonyl (C=O) groups excluding carboxylic acids is 1. The lowest BCUT2D eigenvalue weighted by atomic mass is 9.85. The summed E-state index contributed by atoms with van der Waals surface area (Å²) in [5, 5.41) is 7.19. The molecule has 2 fully saturated rings. The van der Waals surface area contributed by atoms with Crippen molar-refractivity contribution in [3.63, 3.8) is 0 Å². The van der Waals surface area contributed by atoms with Crippen molar-refractivity contribution in [3.8, 4) is 0 Å². The van der Waals surface area contributed by atoms with Crippen LogP contribution in [0.5, 0.6) is 0 Å². The third-order valence-corrected chi connectivity index (χ3v) is 4.92. The molecule has 21 heavy (non-hydrogen) atoms. The van der Waals surface area contributed by atoms with E-state index in [2.05, 4.69) is 20.1 Å². The van der Waals surface area contributed by atoms with Crippen LogP contribution < -0.4 is 0 Å². The van der Waals surface area contributed by atoms with E-state index in [9.17, 15) is 4.79 Å². The van der Waals surface area contributed by atoms with Crippen molar-refractivity contribution in [1.82, 2.24) is 20.1 Å². The number of fused-ring (bicyclic) bond motifs is 1. The number of aryl methyl sites for hydroxylation is 1. The van der Waals surface area contributed by atoms with Crippen LogP contribution in [0.4, 0.5) is 0 Å². The number of ether oxygens (including phenoxy) is 1. The average molecular weight is 292 g/mol. The molecule has 0 spiro atoms. The van der Waals surface area contributed by atoms with Gasteiger partial charge in [-0.3, -0.25) is 14.8 Å². The Balaban J connectivity index is 1.78. The Morgan fingerprint density at radius 3 is 2.95 bits per heavy atom. The van der Waals surface area contributed by atoms with Gasteiger partial charge in [-0.2, -0.15) is 5.10 Å². The van der Waals surface area contributed by atoms with E-state index in [0.29, 0.717) is 18.5 Å². The van der Waals surface area contributed by atoms with E-state index in [1.807, 2.05) is 6.92 Å². The molecule has 1 saturated heterocycles. The van der Waals surface area contributed by atoms with Crippen LogP contribution in [-0.2, 0) is 22.5 Å². The van der Waals surface area contributed by atoms with Crippen LogP contribution >= 0.6 is 0 Å². The molecule has 2 heterocycles. The van der Waals surface area contributed by atoms with Crippen LogP contribution in [0.3, 0.4) is 0 Å². The van der Waals surface area contributed by atoms with Crippen LogP contribution in [-0.4, -0.2) is 45.2 Å². The summed E-state index contributed by atoms with van der Waals surface area (Å²) in [6.07, 6.45) is 6.68. The standard InChI is InChI=1S/C15H24N4O2/c1-3-13-16-14(18-17-13)9-19-11-7-5-4-6-10(11)8-12(19)15(20)21-2/h10-12H,3-9H2,1-2H3,(H,16,17,18)/t10-,11+,12-/m0/s1. The summed E-state index contributed by atoms with van der Waals surface area (Å²) in [5.74, 6) is 2.20. The number of aromatic nitrogens is 3. The molecule has 0 aromatic carbocycles. The predicted molar refractivity (Wildman–Crippen MR) is 77.5 cm³/mol. The second-order valence-electron chi connectivity index (χ2n) is 6.11. The predicted octanol–water partition coefficient (Wildman–Crippen LogP) is 1.67. The summed E-state index contributed by atoms with van der Waals surface area (Å²) in [6.45, 7) is 2.70. The van der Waals surface area contributed by atoms with Crippen LogP contribution in [0.15, 0.2) is 0 Å². The van der Waals surface area contributed by atoms with Gasteiger partial charge in [0.15, 0.2) is 0 Å². The van der Waals surface area contributed by atoms with Crippen LogP contribution in [0.1, 0.15) is 50.7 Å². The first-order chi connectivity index (χ1) is 10.2. The molecule has 1 aliphatic heterocycles. The van der Waals surface area contributed by atoms with Gasteiger partial charge in [0.1, 0.15) is 17.7 Å². The topological polar surface area (TPSA) is 71.1 Å². The molecule has 3 rings (SSSR count). The zero-order chi connectivity index (χ0) is 14.8. The van der Waals surface area contributed by atoms with Crippen molar-refractivity contribution in [2.24, 2.45) is 5.92 Å². The van der Waals surface area contributed by atoms with E-state index in [1.165, 1.54) is 32.8 Å². The monoisotopic (exact) mass is 292 g/mol. The molecule has 0 unspecified atom stereocenters. The minimum atomic E-state index is -0.127. The lowest BCUT2D eigenvalue weighted by Gasteiger charge is -2.32. The first-order valence-corrected chi connectivity index (χ1v) is 7.96.